The van der Waals surface area contributed by atoms with Gasteiger partial charge in [-0.2, -0.15) is 0 Å². The van der Waals surface area contributed by atoms with Crippen molar-refractivity contribution in [3.63, 3.8) is 0 Å². The minimum absolute atomic E-state index is 0.144. The molecule has 2 aliphatic rings. The van der Waals surface area contributed by atoms with Crippen molar-refractivity contribution < 1.29 is 13.2 Å². The zero-order valence-corrected chi connectivity index (χ0v) is 12.8. The van der Waals surface area contributed by atoms with E-state index in [-0.39, 0.29) is 17.5 Å². The molecule has 112 valence electrons. The van der Waals surface area contributed by atoms with Gasteiger partial charge in [0.25, 0.3) is 0 Å². The van der Waals surface area contributed by atoms with Gasteiger partial charge in [-0.15, -0.1) is 0 Å². The molecule has 0 radical (unpaired) electrons. The number of nitrogens with zero attached hydrogens (tertiary/aromatic N) is 1. The molecule has 0 bridgehead atoms. The topological polar surface area (TPSA) is 58.6 Å². The average molecular weight is 290 g/mol. The molecule has 2 heterocycles. The Balaban J connectivity index is 1.91. The van der Waals surface area contributed by atoms with Crippen LogP contribution in [-0.4, -0.2) is 56.4 Å². The molecule has 6 heteroatoms. The van der Waals surface area contributed by atoms with E-state index in [0.717, 1.165) is 38.8 Å². The molecule has 0 amide bonds. The van der Waals surface area contributed by atoms with Crippen molar-refractivity contribution in [2.75, 3.05) is 31.9 Å². The number of nitrogens with one attached hydrogen (secondary N) is 1. The lowest BCUT2D eigenvalue weighted by Gasteiger charge is -2.45. The first-order valence-corrected chi connectivity index (χ1v) is 8.95. The van der Waals surface area contributed by atoms with Gasteiger partial charge in [0, 0.05) is 26.2 Å². The second-order valence-electron chi connectivity index (χ2n) is 5.81. The van der Waals surface area contributed by atoms with Gasteiger partial charge < -0.3 is 10.1 Å². The minimum Gasteiger partial charge on any atom is -0.369 e. The van der Waals surface area contributed by atoms with Gasteiger partial charge in [-0.3, -0.25) is 0 Å². The van der Waals surface area contributed by atoms with Gasteiger partial charge in [0.1, 0.15) is 0 Å². The number of rotatable bonds is 4. The molecule has 0 aliphatic carbocycles. The Bertz CT molecular complexity index is 389. The molecule has 2 saturated heterocycles. The summed E-state index contributed by atoms with van der Waals surface area (Å²) in [5.74, 6) is 0.284. The van der Waals surface area contributed by atoms with E-state index in [2.05, 4.69) is 12.2 Å². The standard InChI is InChI=1S/C13H26N2O3S/c1-3-4-9-19(16,17)15-7-5-13(6-8-15)11-14-10-12(2)18-13/h12,14H,3-11H2,1-2H3. The Morgan fingerprint density at radius 3 is 2.63 bits per heavy atom. The summed E-state index contributed by atoms with van der Waals surface area (Å²) >= 11 is 0. The molecule has 2 aliphatic heterocycles. The predicted molar refractivity (Wildman–Crippen MR) is 75.6 cm³/mol. The number of piperidine rings is 1. The van der Waals surface area contributed by atoms with Crippen molar-refractivity contribution in [1.82, 2.24) is 9.62 Å². The molecule has 1 atom stereocenters. The Hall–Kier alpha value is -0.170. The third-order valence-electron chi connectivity index (χ3n) is 4.11. The molecule has 0 saturated carbocycles. The van der Waals surface area contributed by atoms with Crippen molar-refractivity contribution in [2.45, 2.75) is 51.2 Å². The smallest absolute Gasteiger partial charge is 0.214 e. The van der Waals surface area contributed by atoms with E-state index in [1.165, 1.54) is 0 Å². The summed E-state index contributed by atoms with van der Waals surface area (Å²) in [4.78, 5) is 0. The van der Waals surface area contributed by atoms with E-state index in [1.807, 2.05) is 6.92 Å². The monoisotopic (exact) mass is 290 g/mol. The molecule has 0 aromatic heterocycles. The van der Waals surface area contributed by atoms with Crippen LogP contribution in [0.4, 0.5) is 0 Å². The van der Waals surface area contributed by atoms with Crippen LogP contribution in [0.25, 0.3) is 0 Å². The second kappa shape index (κ2) is 6.08. The van der Waals surface area contributed by atoms with Crippen LogP contribution in [-0.2, 0) is 14.8 Å². The second-order valence-corrected chi connectivity index (χ2v) is 7.90. The number of ether oxygens (including phenoxy) is 1. The van der Waals surface area contributed by atoms with Gasteiger partial charge in [0.05, 0.1) is 17.5 Å². The van der Waals surface area contributed by atoms with Crippen LogP contribution in [0.2, 0.25) is 0 Å². The third kappa shape index (κ3) is 3.68. The third-order valence-corrected chi connectivity index (χ3v) is 6.07. The van der Waals surface area contributed by atoms with Crippen molar-refractivity contribution in [3.8, 4) is 0 Å². The van der Waals surface area contributed by atoms with Crippen LogP contribution < -0.4 is 5.32 Å². The van der Waals surface area contributed by atoms with Crippen LogP contribution >= 0.6 is 0 Å². The highest BCUT2D eigenvalue weighted by Gasteiger charge is 2.41. The molecule has 5 nitrogen and oxygen atoms in total. The minimum atomic E-state index is -3.06. The van der Waals surface area contributed by atoms with Gasteiger partial charge >= 0.3 is 0 Å². The lowest BCUT2D eigenvalue weighted by molar-refractivity contribution is -0.129. The number of sulfonamides is 1. The van der Waals surface area contributed by atoms with E-state index in [0.29, 0.717) is 13.1 Å². The van der Waals surface area contributed by atoms with Crippen LogP contribution in [0.1, 0.15) is 39.5 Å². The highest BCUT2D eigenvalue weighted by atomic mass is 32.2. The van der Waals surface area contributed by atoms with E-state index in [9.17, 15) is 8.42 Å². The number of hydrogen-bond donors (Lipinski definition) is 1. The van der Waals surface area contributed by atoms with Crippen molar-refractivity contribution in [3.05, 3.63) is 0 Å². The first-order valence-electron chi connectivity index (χ1n) is 7.34. The molecule has 1 N–H and O–H groups in total. The van der Waals surface area contributed by atoms with E-state index in [4.69, 9.17) is 4.74 Å². The van der Waals surface area contributed by atoms with Crippen LogP contribution in [0.5, 0.6) is 0 Å². The van der Waals surface area contributed by atoms with Gasteiger partial charge in [0.15, 0.2) is 0 Å². The normalized spacial score (nSPS) is 28.6. The first-order chi connectivity index (χ1) is 8.97. The first kappa shape index (κ1) is 15.2. The van der Waals surface area contributed by atoms with E-state index < -0.39 is 10.0 Å². The predicted octanol–water partition coefficient (Wildman–Crippen LogP) is 0.959. The summed E-state index contributed by atoms with van der Waals surface area (Å²) in [6.07, 6.45) is 3.49. The van der Waals surface area contributed by atoms with Crippen LogP contribution in [0, 0.1) is 0 Å². The highest BCUT2D eigenvalue weighted by Crippen LogP contribution is 2.30. The summed E-state index contributed by atoms with van der Waals surface area (Å²) < 4.78 is 32.0. The van der Waals surface area contributed by atoms with Crippen molar-refractivity contribution >= 4 is 10.0 Å². The number of hydrogen-bond acceptors (Lipinski definition) is 4. The molecule has 1 unspecified atom stereocenters. The van der Waals surface area contributed by atoms with Crippen LogP contribution in [0.15, 0.2) is 0 Å². The largest absolute Gasteiger partial charge is 0.369 e. The van der Waals surface area contributed by atoms with Gasteiger partial charge in [-0.05, 0) is 26.2 Å². The fraction of sp³-hybridized carbons (Fsp3) is 1.00. The Kier molecular flexibility index (Phi) is 4.87. The zero-order valence-electron chi connectivity index (χ0n) is 12.0. The quantitative estimate of drug-likeness (QED) is 0.838. The maximum absolute atomic E-state index is 12.1. The molecule has 19 heavy (non-hydrogen) atoms. The van der Waals surface area contributed by atoms with Crippen LogP contribution in [0.3, 0.4) is 0 Å². The van der Waals surface area contributed by atoms with Crippen molar-refractivity contribution in [1.29, 1.82) is 0 Å². The molecular weight excluding hydrogens is 264 g/mol. The Labute approximate surface area is 116 Å². The maximum Gasteiger partial charge on any atom is 0.214 e. The zero-order chi connectivity index (χ0) is 13.9. The average Bonchev–Trinajstić information content (AvgIpc) is 2.37. The van der Waals surface area contributed by atoms with E-state index in [1.54, 1.807) is 4.31 Å². The SMILES string of the molecule is CCCCS(=O)(=O)N1CCC2(CC1)CNCC(C)O2. The molecule has 0 aromatic carbocycles. The van der Waals surface area contributed by atoms with Gasteiger partial charge in [-0.1, -0.05) is 13.3 Å². The van der Waals surface area contributed by atoms with Crippen molar-refractivity contribution in [2.24, 2.45) is 0 Å². The van der Waals surface area contributed by atoms with E-state index >= 15 is 0 Å². The number of unbranched alkanes of at least 4 members (excludes halogenated alkanes) is 1. The lowest BCUT2D eigenvalue weighted by Crippen LogP contribution is -2.58. The van der Waals surface area contributed by atoms with Gasteiger partial charge in [0.2, 0.25) is 10.0 Å². The summed E-state index contributed by atoms with van der Waals surface area (Å²) in [5, 5.41) is 3.39. The molecular formula is C13H26N2O3S. The molecule has 2 fully saturated rings. The Morgan fingerprint density at radius 2 is 2.05 bits per heavy atom. The molecule has 0 aromatic rings. The fourth-order valence-electron chi connectivity index (χ4n) is 2.94. The maximum atomic E-state index is 12.1. The molecule has 1 spiro atoms. The number of morpholine rings is 1. The van der Waals surface area contributed by atoms with Gasteiger partial charge in [-0.25, -0.2) is 12.7 Å². The fourth-order valence-corrected chi connectivity index (χ4v) is 4.59. The summed E-state index contributed by atoms with van der Waals surface area (Å²) in [6.45, 7) is 7.02. The summed E-state index contributed by atoms with van der Waals surface area (Å²) in [5.41, 5.74) is -0.144. The molecule has 2 rings (SSSR count). The lowest BCUT2D eigenvalue weighted by atomic mass is 9.90. The Morgan fingerprint density at radius 1 is 1.37 bits per heavy atom. The summed E-state index contributed by atoms with van der Waals surface area (Å²) in [7, 11) is -3.06. The summed E-state index contributed by atoms with van der Waals surface area (Å²) in [6, 6.07) is 0. The highest BCUT2D eigenvalue weighted by molar-refractivity contribution is 7.89.